The first-order chi connectivity index (χ1) is 9.19. The summed E-state index contributed by atoms with van der Waals surface area (Å²) in [6.07, 6.45) is 4.02. The van der Waals surface area contributed by atoms with Gasteiger partial charge in [-0.1, -0.05) is 37.3 Å². The second-order valence-electron chi connectivity index (χ2n) is 4.41. The van der Waals surface area contributed by atoms with Crippen LogP contribution in [0.3, 0.4) is 0 Å². The standard InChI is InChI=1S/C14H18N4O/c1-2-13(11-6-4-3-5-7-11)17-14(19)10-18-9-12(15)8-16-18/h3-9,13H,2,10,15H2,1H3,(H,17,19). The van der Waals surface area contributed by atoms with E-state index in [2.05, 4.69) is 10.4 Å². The molecule has 1 unspecified atom stereocenters. The summed E-state index contributed by atoms with van der Waals surface area (Å²) in [6.45, 7) is 2.23. The average Bonchev–Trinajstić information content (AvgIpc) is 2.82. The number of hydrogen-bond acceptors (Lipinski definition) is 3. The summed E-state index contributed by atoms with van der Waals surface area (Å²) >= 11 is 0. The molecule has 5 heteroatoms. The molecular weight excluding hydrogens is 240 g/mol. The van der Waals surface area contributed by atoms with Gasteiger partial charge in [0.1, 0.15) is 6.54 Å². The Hall–Kier alpha value is -2.30. The number of nitrogens with two attached hydrogens (primary N) is 1. The maximum atomic E-state index is 12.0. The van der Waals surface area contributed by atoms with Crippen LogP contribution in [0, 0.1) is 0 Å². The molecule has 0 radical (unpaired) electrons. The van der Waals surface area contributed by atoms with E-state index >= 15 is 0 Å². The Labute approximate surface area is 112 Å². The van der Waals surface area contributed by atoms with Gasteiger partial charge in [0.2, 0.25) is 5.91 Å². The van der Waals surface area contributed by atoms with E-state index in [4.69, 9.17) is 5.73 Å². The number of hydrogen-bond donors (Lipinski definition) is 2. The zero-order chi connectivity index (χ0) is 13.7. The van der Waals surface area contributed by atoms with Crippen LogP contribution in [-0.4, -0.2) is 15.7 Å². The first kappa shape index (κ1) is 13.1. The van der Waals surface area contributed by atoms with Crippen molar-refractivity contribution in [2.45, 2.75) is 25.9 Å². The summed E-state index contributed by atoms with van der Waals surface area (Å²) in [5.74, 6) is -0.0706. The number of carbonyl (C=O) groups is 1. The van der Waals surface area contributed by atoms with Crippen LogP contribution in [0.4, 0.5) is 5.69 Å². The summed E-state index contributed by atoms with van der Waals surface area (Å²) in [5, 5.41) is 6.99. The minimum absolute atomic E-state index is 0.0293. The molecule has 1 heterocycles. The molecule has 19 heavy (non-hydrogen) atoms. The molecule has 0 aliphatic rings. The Bertz CT molecular complexity index is 535. The van der Waals surface area contributed by atoms with Crippen LogP contribution in [-0.2, 0) is 11.3 Å². The van der Waals surface area contributed by atoms with E-state index in [-0.39, 0.29) is 18.5 Å². The second-order valence-corrected chi connectivity index (χ2v) is 4.41. The molecule has 0 aliphatic carbocycles. The van der Waals surface area contributed by atoms with Crippen molar-refractivity contribution >= 4 is 11.6 Å². The number of nitrogens with one attached hydrogen (secondary N) is 1. The van der Waals surface area contributed by atoms with Crippen molar-refractivity contribution in [3.8, 4) is 0 Å². The minimum atomic E-state index is -0.0706. The fraction of sp³-hybridized carbons (Fsp3) is 0.286. The van der Waals surface area contributed by atoms with E-state index < -0.39 is 0 Å². The Kier molecular flexibility index (Phi) is 4.18. The van der Waals surface area contributed by atoms with Crippen molar-refractivity contribution in [2.75, 3.05) is 5.73 Å². The molecule has 1 aromatic heterocycles. The smallest absolute Gasteiger partial charge is 0.242 e. The predicted octanol–water partition coefficient (Wildman–Crippen LogP) is 1.73. The summed E-state index contributed by atoms with van der Waals surface area (Å²) in [4.78, 5) is 12.0. The lowest BCUT2D eigenvalue weighted by molar-refractivity contribution is -0.122. The molecular formula is C14H18N4O. The number of carbonyl (C=O) groups excluding carboxylic acids is 1. The Morgan fingerprint density at radius 2 is 2.16 bits per heavy atom. The fourth-order valence-electron chi connectivity index (χ4n) is 1.96. The van der Waals surface area contributed by atoms with Gasteiger partial charge in [0.15, 0.2) is 0 Å². The van der Waals surface area contributed by atoms with E-state index in [0.717, 1.165) is 12.0 Å². The van der Waals surface area contributed by atoms with Crippen molar-refractivity contribution in [1.82, 2.24) is 15.1 Å². The highest BCUT2D eigenvalue weighted by Crippen LogP contribution is 2.15. The molecule has 0 spiro atoms. The van der Waals surface area contributed by atoms with E-state index in [1.165, 1.54) is 10.9 Å². The highest BCUT2D eigenvalue weighted by Gasteiger charge is 2.12. The molecule has 1 aromatic carbocycles. The van der Waals surface area contributed by atoms with Crippen LogP contribution in [0.25, 0.3) is 0 Å². The number of nitrogens with zero attached hydrogens (tertiary/aromatic N) is 2. The summed E-state index contributed by atoms with van der Waals surface area (Å²) in [7, 11) is 0. The number of amides is 1. The van der Waals surface area contributed by atoms with E-state index in [0.29, 0.717) is 5.69 Å². The van der Waals surface area contributed by atoms with Gasteiger partial charge >= 0.3 is 0 Å². The van der Waals surface area contributed by atoms with Gasteiger partial charge in [-0.25, -0.2) is 0 Å². The zero-order valence-electron chi connectivity index (χ0n) is 10.9. The third-order valence-corrected chi connectivity index (χ3v) is 2.90. The van der Waals surface area contributed by atoms with Gasteiger partial charge in [0, 0.05) is 6.20 Å². The molecule has 0 saturated heterocycles. The number of benzene rings is 1. The lowest BCUT2D eigenvalue weighted by Crippen LogP contribution is -2.31. The third kappa shape index (κ3) is 3.58. The summed E-state index contributed by atoms with van der Waals surface area (Å²) in [5.41, 5.74) is 7.23. The molecule has 0 saturated carbocycles. The van der Waals surface area contributed by atoms with Gasteiger partial charge in [-0.05, 0) is 12.0 Å². The minimum Gasteiger partial charge on any atom is -0.396 e. The van der Waals surface area contributed by atoms with E-state index in [1.807, 2.05) is 37.3 Å². The molecule has 2 rings (SSSR count). The zero-order valence-corrected chi connectivity index (χ0v) is 10.9. The van der Waals surface area contributed by atoms with Crippen molar-refractivity contribution in [3.05, 3.63) is 48.3 Å². The van der Waals surface area contributed by atoms with Crippen molar-refractivity contribution in [1.29, 1.82) is 0 Å². The predicted molar refractivity (Wildman–Crippen MR) is 74.3 cm³/mol. The number of rotatable bonds is 5. The molecule has 2 aromatic rings. The second kappa shape index (κ2) is 6.04. The maximum Gasteiger partial charge on any atom is 0.242 e. The van der Waals surface area contributed by atoms with Gasteiger partial charge < -0.3 is 11.1 Å². The highest BCUT2D eigenvalue weighted by molar-refractivity contribution is 5.76. The lowest BCUT2D eigenvalue weighted by atomic mass is 10.0. The normalized spacial score (nSPS) is 12.1. The molecule has 0 aliphatic heterocycles. The number of anilines is 1. The molecule has 1 atom stereocenters. The Morgan fingerprint density at radius 3 is 2.74 bits per heavy atom. The maximum absolute atomic E-state index is 12.0. The topological polar surface area (TPSA) is 72.9 Å². The first-order valence-corrected chi connectivity index (χ1v) is 6.31. The lowest BCUT2D eigenvalue weighted by Gasteiger charge is -2.17. The monoisotopic (exact) mass is 258 g/mol. The average molecular weight is 258 g/mol. The molecule has 100 valence electrons. The summed E-state index contributed by atoms with van der Waals surface area (Å²) < 4.78 is 1.53. The fourth-order valence-corrected chi connectivity index (χ4v) is 1.96. The Balaban J connectivity index is 1.97. The largest absolute Gasteiger partial charge is 0.396 e. The van der Waals surface area contributed by atoms with Crippen molar-refractivity contribution in [2.24, 2.45) is 0 Å². The van der Waals surface area contributed by atoms with Gasteiger partial charge in [-0.2, -0.15) is 5.10 Å². The molecule has 3 N–H and O–H groups in total. The SMILES string of the molecule is CCC(NC(=O)Cn1cc(N)cn1)c1ccccc1. The molecule has 0 bridgehead atoms. The number of nitrogen functional groups attached to an aromatic ring is 1. The van der Waals surface area contributed by atoms with Crippen LogP contribution in [0.1, 0.15) is 24.9 Å². The van der Waals surface area contributed by atoms with E-state index in [9.17, 15) is 4.79 Å². The molecule has 5 nitrogen and oxygen atoms in total. The molecule has 1 amide bonds. The summed E-state index contributed by atoms with van der Waals surface area (Å²) in [6, 6.07) is 9.96. The number of aromatic nitrogens is 2. The van der Waals surface area contributed by atoms with Gasteiger partial charge in [0.05, 0.1) is 17.9 Å². The van der Waals surface area contributed by atoms with Gasteiger partial charge in [-0.3, -0.25) is 9.48 Å². The van der Waals surface area contributed by atoms with Crippen LogP contribution in [0.15, 0.2) is 42.7 Å². The van der Waals surface area contributed by atoms with Crippen molar-refractivity contribution in [3.63, 3.8) is 0 Å². The van der Waals surface area contributed by atoms with Crippen LogP contribution in [0.5, 0.6) is 0 Å². The van der Waals surface area contributed by atoms with Crippen LogP contribution < -0.4 is 11.1 Å². The van der Waals surface area contributed by atoms with Gasteiger partial charge in [0.25, 0.3) is 0 Å². The first-order valence-electron chi connectivity index (χ1n) is 6.31. The highest BCUT2D eigenvalue weighted by atomic mass is 16.2. The van der Waals surface area contributed by atoms with Crippen LogP contribution in [0.2, 0.25) is 0 Å². The molecule has 0 fully saturated rings. The van der Waals surface area contributed by atoms with E-state index in [1.54, 1.807) is 6.20 Å². The Morgan fingerprint density at radius 1 is 1.42 bits per heavy atom. The third-order valence-electron chi connectivity index (χ3n) is 2.90. The quantitative estimate of drug-likeness (QED) is 0.857. The van der Waals surface area contributed by atoms with Crippen molar-refractivity contribution < 1.29 is 4.79 Å². The van der Waals surface area contributed by atoms with Crippen LogP contribution >= 0.6 is 0 Å². The van der Waals surface area contributed by atoms with Gasteiger partial charge in [-0.15, -0.1) is 0 Å².